The Labute approximate surface area is 460 Å². The summed E-state index contributed by atoms with van der Waals surface area (Å²) in [5, 5.41) is 14.8. The Balaban J connectivity index is 1.20. The second kappa shape index (κ2) is 19.1. The van der Waals surface area contributed by atoms with Gasteiger partial charge in [-0.05, 0) is 207 Å². The minimum atomic E-state index is -5.14. The van der Waals surface area contributed by atoms with Gasteiger partial charge in [0, 0.05) is 27.1 Å². The van der Waals surface area contributed by atoms with Gasteiger partial charge in [0.25, 0.3) is 0 Å². The summed E-state index contributed by atoms with van der Waals surface area (Å²) < 4.78 is 94.1. The van der Waals surface area contributed by atoms with E-state index in [1.165, 1.54) is 0 Å². The summed E-state index contributed by atoms with van der Waals surface area (Å²) in [6, 6.07) is 56.8. The highest BCUT2D eigenvalue weighted by Gasteiger charge is 2.38. The molecule has 12 rings (SSSR count). The molecule has 0 amide bonds. The molecule has 0 aliphatic carbocycles. The third-order valence-corrected chi connectivity index (χ3v) is 15.9. The van der Waals surface area contributed by atoms with Crippen LogP contribution in [-0.4, -0.2) is 9.13 Å². The van der Waals surface area contributed by atoms with Crippen LogP contribution in [-0.2, 0) is 12.4 Å². The SMILES string of the molecule is Cc1ccc(-c2ccc3c(c2)c2cc(-c4ccc(C)cc4C)ccc2n3-c2cc(-c3cc(C(F)(F)F)cc(C(F)(F)F)c3)c(-n3c4ccc(-c5ccc(C)cc5C)cc4c4cc(-c5ccc(C)cc5C)ccc43)cc2C#N)c(C)c1. The second-order valence-corrected chi connectivity index (χ2v) is 21.7. The highest BCUT2D eigenvalue weighted by Crippen LogP contribution is 2.47. The molecule has 0 bridgehead atoms. The van der Waals surface area contributed by atoms with Crippen LogP contribution >= 0.6 is 0 Å². The van der Waals surface area contributed by atoms with Crippen molar-refractivity contribution in [3.63, 3.8) is 0 Å². The maximum Gasteiger partial charge on any atom is 0.416 e. The summed E-state index contributed by atoms with van der Waals surface area (Å²) >= 11 is 0. The van der Waals surface area contributed by atoms with E-state index in [4.69, 9.17) is 0 Å². The Hall–Kier alpha value is -9.13. The number of aromatic nitrogens is 2. The van der Waals surface area contributed by atoms with Crippen molar-refractivity contribution in [3.8, 4) is 73.1 Å². The zero-order valence-electron chi connectivity index (χ0n) is 45.4. The molecule has 80 heavy (non-hydrogen) atoms. The average molecular weight is 1060 g/mol. The van der Waals surface area contributed by atoms with Gasteiger partial charge < -0.3 is 9.13 Å². The third kappa shape index (κ3) is 8.89. The van der Waals surface area contributed by atoms with Crippen molar-refractivity contribution in [3.05, 3.63) is 237 Å². The fourth-order valence-corrected chi connectivity index (χ4v) is 12.2. The van der Waals surface area contributed by atoms with Crippen molar-refractivity contribution in [2.75, 3.05) is 0 Å². The molecule has 9 heteroatoms. The van der Waals surface area contributed by atoms with Crippen LogP contribution in [0.3, 0.4) is 0 Å². The number of aryl methyl sites for hydroxylation is 8. The van der Waals surface area contributed by atoms with Crippen LogP contribution in [0.2, 0.25) is 0 Å². The van der Waals surface area contributed by atoms with Crippen LogP contribution < -0.4 is 0 Å². The van der Waals surface area contributed by atoms with E-state index >= 15 is 26.3 Å². The quantitative estimate of drug-likeness (QED) is 0.146. The lowest BCUT2D eigenvalue weighted by molar-refractivity contribution is -0.143. The summed E-state index contributed by atoms with van der Waals surface area (Å²) in [6.45, 7) is 16.4. The van der Waals surface area contributed by atoms with E-state index < -0.39 is 23.5 Å². The highest BCUT2D eigenvalue weighted by atomic mass is 19.4. The number of benzene rings is 10. The van der Waals surface area contributed by atoms with E-state index in [0.717, 1.165) is 123 Å². The topological polar surface area (TPSA) is 33.6 Å². The van der Waals surface area contributed by atoms with Crippen molar-refractivity contribution < 1.29 is 26.3 Å². The van der Waals surface area contributed by atoms with Gasteiger partial charge in [-0.2, -0.15) is 31.6 Å². The smallest absolute Gasteiger partial charge is 0.309 e. The molecule has 2 heterocycles. The van der Waals surface area contributed by atoms with Crippen molar-refractivity contribution >= 4 is 43.6 Å². The van der Waals surface area contributed by atoms with Crippen molar-refractivity contribution in [2.24, 2.45) is 0 Å². The molecule has 0 saturated heterocycles. The summed E-state index contributed by atoms with van der Waals surface area (Å²) in [7, 11) is 0. The Morgan fingerprint density at radius 2 is 0.625 bits per heavy atom. The molecule has 2 aromatic heterocycles. The first-order chi connectivity index (χ1) is 38.1. The minimum absolute atomic E-state index is 0.0557. The van der Waals surface area contributed by atoms with Gasteiger partial charge >= 0.3 is 12.4 Å². The highest BCUT2D eigenvalue weighted by molar-refractivity contribution is 6.14. The molecule has 0 unspecified atom stereocenters. The molecule has 10 aromatic carbocycles. The number of nitriles is 1. The fourth-order valence-electron chi connectivity index (χ4n) is 12.2. The van der Waals surface area contributed by atoms with Gasteiger partial charge in [0.1, 0.15) is 6.07 Å². The first kappa shape index (κ1) is 51.6. The maximum absolute atomic E-state index is 15.0. The molecule has 0 spiro atoms. The lowest BCUT2D eigenvalue weighted by atomic mass is 9.95. The van der Waals surface area contributed by atoms with Crippen LogP contribution in [0.15, 0.2) is 176 Å². The molecular formula is C71H53F6N3. The predicted molar refractivity (Wildman–Crippen MR) is 315 cm³/mol. The third-order valence-electron chi connectivity index (χ3n) is 15.9. The van der Waals surface area contributed by atoms with Crippen LogP contribution in [0.5, 0.6) is 0 Å². The van der Waals surface area contributed by atoms with Crippen LogP contribution in [0.4, 0.5) is 26.3 Å². The molecule has 0 fully saturated rings. The van der Waals surface area contributed by atoms with Gasteiger partial charge in [-0.1, -0.05) is 119 Å². The maximum atomic E-state index is 15.0. The first-order valence-electron chi connectivity index (χ1n) is 26.5. The van der Waals surface area contributed by atoms with Crippen LogP contribution in [0.25, 0.3) is 111 Å². The lowest BCUT2D eigenvalue weighted by Gasteiger charge is -2.21. The summed E-state index contributed by atoms with van der Waals surface area (Å²) in [5.41, 5.74) is 16.8. The fraction of sp³-hybridized carbons (Fsp3) is 0.141. The van der Waals surface area contributed by atoms with E-state index in [2.05, 4.69) is 131 Å². The Bertz CT molecular complexity index is 4360. The Morgan fingerprint density at radius 3 is 0.912 bits per heavy atom. The minimum Gasteiger partial charge on any atom is -0.309 e. The standard InChI is InChI=1S/C71H53F6N3/c1-39-9-17-55(43(5)25-39)47-13-21-64-60(31-47)61-32-48(56-18-10-40(2)26-44(56)6)14-22-65(61)79(64)68-37-59(51-29-53(70(72,73)74)36-54(30-51)71(75,76)77)69(35-52(68)38-78)80-66-23-15-49(57-19-11-41(3)27-45(57)7)33-62(66)63-34-50(16-24-67(63)80)58-20-12-42(4)28-46(58)8/h9-37H,1-8H3. The predicted octanol–water partition coefficient (Wildman–Crippen LogP) is 20.6. The number of fused-ring (bicyclic) bond motifs is 6. The van der Waals surface area contributed by atoms with Gasteiger partial charge in [-0.15, -0.1) is 0 Å². The van der Waals surface area contributed by atoms with Crippen LogP contribution in [0, 0.1) is 66.7 Å². The van der Waals surface area contributed by atoms with E-state index in [0.29, 0.717) is 22.1 Å². The van der Waals surface area contributed by atoms with Gasteiger partial charge in [0.15, 0.2) is 0 Å². The molecule has 0 saturated carbocycles. The zero-order valence-corrected chi connectivity index (χ0v) is 45.4. The zero-order chi connectivity index (χ0) is 56.3. The van der Waals surface area contributed by atoms with Gasteiger partial charge in [-0.3, -0.25) is 0 Å². The summed E-state index contributed by atoms with van der Waals surface area (Å²) in [5.74, 6) is 0. The van der Waals surface area contributed by atoms with E-state index in [-0.39, 0.29) is 34.1 Å². The normalized spacial score (nSPS) is 12.1. The average Bonchev–Trinajstić information content (AvgIpc) is 3.20. The molecule has 0 N–H and O–H groups in total. The summed E-state index contributed by atoms with van der Waals surface area (Å²) in [4.78, 5) is 0. The second-order valence-electron chi connectivity index (χ2n) is 21.7. The first-order valence-corrected chi connectivity index (χ1v) is 26.5. The Kier molecular flexibility index (Phi) is 12.3. The van der Waals surface area contributed by atoms with Gasteiger partial charge in [0.05, 0.1) is 50.1 Å². The van der Waals surface area contributed by atoms with Crippen molar-refractivity contribution in [1.29, 1.82) is 5.26 Å². The molecule has 394 valence electrons. The molecule has 0 atom stereocenters. The van der Waals surface area contributed by atoms with Crippen molar-refractivity contribution in [1.82, 2.24) is 9.13 Å². The van der Waals surface area contributed by atoms with Crippen molar-refractivity contribution in [2.45, 2.75) is 67.7 Å². The monoisotopic (exact) mass is 1060 g/mol. The number of alkyl halides is 6. The largest absolute Gasteiger partial charge is 0.416 e. The molecule has 3 nitrogen and oxygen atoms in total. The number of rotatable bonds is 7. The van der Waals surface area contributed by atoms with Gasteiger partial charge in [0.2, 0.25) is 0 Å². The Morgan fingerprint density at radius 1 is 0.312 bits per heavy atom. The van der Waals surface area contributed by atoms with Crippen LogP contribution in [0.1, 0.15) is 61.2 Å². The molecule has 0 aliphatic heterocycles. The van der Waals surface area contributed by atoms with E-state index in [1.54, 1.807) is 12.1 Å². The number of hydrogen-bond acceptors (Lipinski definition) is 1. The van der Waals surface area contributed by atoms with E-state index in [9.17, 15) is 5.26 Å². The molecule has 0 aliphatic rings. The summed E-state index contributed by atoms with van der Waals surface area (Å²) in [6.07, 6.45) is -10.3. The number of nitrogens with zero attached hydrogens (tertiary/aromatic N) is 3. The lowest BCUT2D eigenvalue weighted by Crippen LogP contribution is -2.11. The molecule has 12 aromatic rings. The number of hydrogen-bond donors (Lipinski definition) is 0. The molecular weight excluding hydrogens is 1010 g/mol. The van der Waals surface area contributed by atoms with E-state index in [1.807, 2.05) is 85.4 Å². The van der Waals surface area contributed by atoms with Gasteiger partial charge in [-0.25, -0.2) is 0 Å². The number of halogens is 6. The molecule has 0 radical (unpaired) electrons.